The van der Waals surface area contributed by atoms with E-state index in [9.17, 15) is 13.6 Å². The van der Waals surface area contributed by atoms with E-state index in [4.69, 9.17) is 5.11 Å². The van der Waals surface area contributed by atoms with Gasteiger partial charge in [-0.15, -0.1) is 0 Å². The maximum atomic E-state index is 13.4. The van der Waals surface area contributed by atoms with Crippen LogP contribution in [0.3, 0.4) is 0 Å². The molecule has 0 radical (unpaired) electrons. The second-order valence-corrected chi connectivity index (χ2v) is 4.67. The van der Waals surface area contributed by atoms with Crippen LogP contribution >= 0.6 is 0 Å². The number of amides is 1. The fourth-order valence-corrected chi connectivity index (χ4v) is 1.68. The van der Waals surface area contributed by atoms with E-state index in [0.29, 0.717) is 13.0 Å². The number of hydrogen-bond acceptors (Lipinski definition) is 2. The molecule has 0 aliphatic rings. The normalized spacial score (nSPS) is 12.3. The Morgan fingerprint density at radius 2 is 2.11 bits per heavy atom. The zero-order valence-electron chi connectivity index (χ0n) is 11.2. The lowest BCUT2D eigenvalue weighted by atomic mass is 10.1. The topological polar surface area (TPSA) is 40.5 Å². The van der Waals surface area contributed by atoms with Crippen molar-refractivity contribution >= 4 is 5.91 Å². The average Bonchev–Trinajstić information content (AvgIpc) is 2.37. The molecule has 0 spiro atoms. The number of benzene rings is 1. The quantitative estimate of drug-likeness (QED) is 0.861. The molecule has 5 heteroatoms. The summed E-state index contributed by atoms with van der Waals surface area (Å²) in [6, 6.07) is 3.95. The highest BCUT2D eigenvalue weighted by molar-refractivity contribution is 5.76. The summed E-state index contributed by atoms with van der Waals surface area (Å²) < 4.78 is 26.3. The molecule has 0 fully saturated rings. The molecule has 0 aliphatic carbocycles. The zero-order chi connectivity index (χ0) is 14.4. The first-order valence-electron chi connectivity index (χ1n) is 6.26. The molecule has 0 heterocycles. The lowest BCUT2D eigenvalue weighted by Gasteiger charge is -2.18. The highest BCUT2D eigenvalue weighted by Gasteiger charge is 2.12. The third-order valence-corrected chi connectivity index (χ3v) is 2.95. The first-order chi connectivity index (χ1) is 8.91. The molecular weight excluding hydrogens is 252 g/mol. The van der Waals surface area contributed by atoms with Crippen molar-refractivity contribution in [3.8, 4) is 0 Å². The second-order valence-electron chi connectivity index (χ2n) is 4.67. The number of carbonyl (C=O) groups excluding carboxylic acids is 1. The lowest BCUT2D eigenvalue weighted by molar-refractivity contribution is -0.130. The van der Waals surface area contributed by atoms with Gasteiger partial charge in [0.1, 0.15) is 0 Å². The minimum Gasteiger partial charge on any atom is -0.393 e. The Kier molecular flexibility index (Phi) is 5.89. The molecule has 0 bridgehead atoms. The Morgan fingerprint density at radius 1 is 1.42 bits per heavy atom. The third kappa shape index (κ3) is 4.95. The predicted octanol–water partition coefficient (Wildman–Crippen LogP) is 2.13. The van der Waals surface area contributed by atoms with Gasteiger partial charge in [-0.05, 0) is 31.4 Å². The van der Waals surface area contributed by atoms with Crippen molar-refractivity contribution in [1.29, 1.82) is 0 Å². The van der Waals surface area contributed by atoms with Gasteiger partial charge in [0, 0.05) is 20.0 Å². The molecule has 1 unspecified atom stereocenters. The molecule has 19 heavy (non-hydrogen) atoms. The Labute approximate surface area is 111 Å². The molecule has 0 aromatic heterocycles. The zero-order valence-corrected chi connectivity index (χ0v) is 11.2. The predicted molar refractivity (Wildman–Crippen MR) is 68.6 cm³/mol. The molecule has 0 saturated heterocycles. The smallest absolute Gasteiger partial charge is 0.222 e. The van der Waals surface area contributed by atoms with E-state index in [1.165, 1.54) is 17.0 Å². The molecule has 1 aromatic carbocycles. The maximum Gasteiger partial charge on any atom is 0.222 e. The van der Waals surface area contributed by atoms with Crippen LogP contribution in [0.15, 0.2) is 18.2 Å². The molecule has 1 aromatic rings. The van der Waals surface area contributed by atoms with Crippen LogP contribution in [0.2, 0.25) is 0 Å². The largest absolute Gasteiger partial charge is 0.393 e. The highest BCUT2D eigenvalue weighted by Crippen LogP contribution is 2.13. The first-order valence-corrected chi connectivity index (χ1v) is 6.26. The van der Waals surface area contributed by atoms with Gasteiger partial charge in [0.15, 0.2) is 11.6 Å². The maximum absolute atomic E-state index is 13.4. The van der Waals surface area contributed by atoms with E-state index in [-0.39, 0.29) is 24.3 Å². The van der Waals surface area contributed by atoms with Gasteiger partial charge in [0.25, 0.3) is 0 Å². The van der Waals surface area contributed by atoms with E-state index in [1.807, 2.05) is 0 Å². The van der Waals surface area contributed by atoms with Gasteiger partial charge in [0.05, 0.1) is 6.10 Å². The fraction of sp³-hybridized carbons (Fsp3) is 0.500. The number of aliphatic hydroxyl groups excluding tert-OH is 1. The van der Waals surface area contributed by atoms with Crippen molar-refractivity contribution in [2.45, 2.75) is 32.3 Å². The Balaban J connectivity index is 2.47. The van der Waals surface area contributed by atoms with Crippen molar-refractivity contribution < 1.29 is 18.7 Å². The third-order valence-electron chi connectivity index (χ3n) is 2.95. The van der Waals surface area contributed by atoms with Gasteiger partial charge < -0.3 is 10.0 Å². The molecule has 1 atom stereocenters. The molecule has 1 rings (SSSR count). The molecule has 0 aliphatic heterocycles. The van der Waals surface area contributed by atoms with Crippen LogP contribution in [0.4, 0.5) is 8.78 Å². The lowest BCUT2D eigenvalue weighted by Crippen LogP contribution is -2.29. The summed E-state index contributed by atoms with van der Waals surface area (Å²) in [5.74, 6) is -1.93. The minimum atomic E-state index is -0.896. The number of nitrogens with zero attached hydrogens (tertiary/aromatic N) is 1. The minimum absolute atomic E-state index is 0.122. The van der Waals surface area contributed by atoms with E-state index < -0.39 is 17.7 Å². The van der Waals surface area contributed by atoms with Crippen molar-refractivity contribution in [2.75, 3.05) is 13.6 Å². The average molecular weight is 271 g/mol. The molecule has 106 valence electrons. The van der Waals surface area contributed by atoms with Gasteiger partial charge in [-0.1, -0.05) is 12.1 Å². The number of hydrogen-bond donors (Lipinski definition) is 1. The van der Waals surface area contributed by atoms with Gasteiger partial charge in [-0.3, -0.25) is 4.79 Å². The molecule has 1 N–H and O–H groups in total. The second kappa shape index (κ2) is 7.19. The fourth-order valence-electron chi connectivity index (χ4n) is 1.68. The van der Waals surface area contributed by atoms with Crippen LogP contribution in [-0.4, -0.2) is 35.6 Å². The van der Waals surface area contributed by atoms with Gasteiger partial charge in [-0.25, -0.2) is 8.78 Å². The van der Waals surface area contributed by atoms with Crippen LogP contribution in [0.1, 0.15) is 25.3 Å². The molecule has 0 saturated carbocycles. The van der Waals surface area contributed by atoms with Crippen LogP contribution in [0.5, 0.6) is 0 Å². The SMILES string of the molecule is CC(O)CCN(C)C(=O)CCc1cccc(F)c1F. The van der Waals surface area contributed by atoms with Crippen molar-refractivity contribution in [3.63, 3.8) is 0 Å². The summed E-state index contributed by atoms with van der Waals surface area (Å²) in [6.45, 7) is 2.10. The van der Waals surface area contributed by atoms with E-state index in [1.54, 1.807) is 14.0 Å². The Bertz CT molecular complexity index is 435. The number of aliphatic hydroxyl groups is 1. The number of aryl methyl sites for hydroxylation is 1. The van der Waals surface area contributed by atoms with E-state index in [2.05, 4.69) is 0 Å². The Morgan fingerprint density at radius 3 is 2.74 bits per heavy atom. The van der Waals surface area contributed by atoms with E-state index >= 15 is 0 Å². The monoisotopic (exact) mass is 271 g/mol. The van der Waals surface area contributed by atoms with Crippen LogP contribution < -0.4 is 0 Å². The highest BCUT2D eigenvalue weighted by atomic mass is 19.2. The summed E-state index contributed by atoms with van der Waals surface area (Å²) >= 11 is 0. The molecule has 1 amide bonds. The molecule has 3 nitrogen and oxygen atoms in total. The number of halogens is 2. The molecular formula is C14H19F2NO2. The first kappa shape index (κ1) is 15.6. The summed E-state index contributed by atoms with van der Waals surface area (Å²) in [6.07, 6.45) is 0.324. The summed E-state index contributed by atoms with van der Waals surface area (Å²) in [5.41, 5.74) is 0.206. The van der Waals surface area contributed by atoms with E-state index in [0.717, 1.165) is 6.07 Å². The van der Waals surface area contributed by atoms with Crippen molar-refractivity contribution in [2.24, 2.45) is 0 Å². The summed E-state index contributed by atoms with van der Waals surface area (Å²) in [4.78, 5) is 13.2. The van der Waals surface area contributed by atoms with Gasteiger partial charge in [0.2, 0.25) is 5.91 Å². The van der Waals surface area contributed by atoms with Crippen LogP contribution in [0, 0.1) is 11.6 Å². The number of carbonyl (C=O) groups is 1. The standard InChI is InChI=1S/C14H19F2NO2/c1-10(18)8-9-17(2)13(19)7-6-11-4-3-5-12(15)14(11)16/h3-5,10,18H,6-9H2,1-2H3. The van der Waals surface area contributed by atoms with Crippen molar-refractivity contribution in [3.05, 3.63) is 35.4 Å². The van der Waals surface area contributed by atoms with Crippen LogP contribution in [-0.2, 0) is 11.2 Å². The van der Waals surface area contributed by atoms with Crippen molar-refractivity contribution in [1.82, 2.24) is 4.90 Å². The number of rotatable bonds is 6. The summed E-state index contributed by atoms with van der Waals surface area (Å²) in [5, 5.41) is 9.13. The van der Waals surface area contributed by atoms with Gasteiger partial charge >= 0.3 is 0 Å². The Hall–Kier alpha value is -1.49. The van der Waals surface area contributed by atoms with Crippen LogP contribution in [0.25, 0.3) is 0 Å². The van der Waals surface area contributed by atoms with Gasteiger partial charge in [-0.2, -0.15) is 0 Å². The summed E-state index contributed by atoms with van der Waals surface area (Å²) in [7, 11) is 1.63.